The Morgan fingerprint density at radius 3 is 2.44 bits per heavy atom. The van der Waals surface area contributed by atoms with Crippen LogP contribution >= 0.6 is 0 Å². The van der Waals surface area contributed by atoms with E-state index in [0.29, 0.717) is 24.4 Å². The summed E-state index contributed by atoms with van der Waals surface area (Å²) in [6.07, 6.45) is 6.26. The normalized spacial score (nSPS) is 17.9. The van der Waals surface area contributed by atoms with Crippen LogP contribution in [-0.4, -0.2) is 48.6 Å². The highest BCUT2D eigenvalue weighted by Gasteiger charge is 2.32. The van der Waals surface area contributed by atoms with E-state index in [1.165, 1.54) is 12.0 Å². The minimum Gasteiger partial charge on any atom is -0.494 e. The van der Waals surface area contributed by atoms with Gasteiger partial charge in [-0.05, 0) is 81.2 Å². The van der Waals surface area contributed by atoms with Crippen LogP contribution in [0.2, 0.25) is 0 Å². The van der Waals surface area contributed by atoms with Crippen molar-refractivity contribution < 1.29 is 13.9 Å². The van der Waals surface area contributed by atoms with E-state index in [9.17, 15) is 4.79 Å². The van der Waals surface area contributed by atoms with E-state index in [0.717, 1.165) is 75.1 Å². The number of likely N-dealkylation sites (tertiary alicyclic amines) is 1. The van der Waals surface area contributed by atoms with E-state index < -0.39 is 0 Å². The number of carbonyl (C=O) groups is 1. The molecule has 0 bridgehead atoms. The maximum Gasteiger partial charge on any atom is 0.298 e. The second-order valence-corrected chi connectivity index (χ2v) is 9.61. The third-order valence-corrected chi connectivity index (χ3v) is 7.40. The topological polar surface area (TPSA) is 58.8 Å². The van der Waals surface area contributed by atoms with Gasteiger partial charge < -0.3 is 19.0 Å². The number of anilines is 1. The van der Waals surface area contributed by atoms with Crippen LogP contribution in [0.4, 0.5) is 6.01 Å². The monoisotopic (exact) mass is 461 g/mol. The molecule has 6 heteroatoms. The molecule has 5 rings (SSSR count). The number of benzene rings is 2. The molecule has 34 heavy (non-hydrogen) atoms. The van der Waals surface area contributed by atoms with Crippen LogP contribution in [0.15, 0.2) is 52.9 Å². The molecule has 0 N–H and O–H groups in total. The average molecular weight is 462 g/mol. The summed E-state index contributed by atoms with van der Waals surface area (Å²) >= 11 is 0. The largest absolute Gasteiger partial charge is 0.494 e. The number of carbonyl (C=O) groups excluding carboxylic acids is 1. The van der Waals surface area contributed by atoms with Gasteiger partial charge in [-0.3, -0.25) is 4.79 Å². The molecule has 2 aliphatic rings. The van der Waals surface area contributed by atoms with Crippen LogP contribution in [0.1, 0.15) is 44.6 Å². The minimum atomic E-state index is 0.126. The number of amides is 1. The second kappa shape index (κ2) is 10.5. The Labute approximate surface area is 201 Å². The smallest absolute Gasteiger partial charge is 0.298 e. The van der Waals surface area contributed by atoms with Gasteiger partial charge in [0.2, 0.25) is 5.91 Å². The molecular weight excluding hydrogens is 426 g/mol. The van der Waals surface area contributed by atoms with Gasteiger partial charge in [-0.2, -0.15) is 4.98 Å². The van der Waals surface area contributed by atoms with Crippen molar-refractivity contribution in [1.29, 1.82) is 0 Å². The lowest BCUT2D eigenvalue weighted by Crippen LogP contribution is -2.45. The number of nitrogens with zero attached hydrogens (tertiary/aromatic N) is 3. The van der Waals surface area contributed by atoms with Gasteiger partial charge in [0.25, 0.3) is 6.01 Å². The lowest BCUT2D eigenvalue weighted by molar-refractivity contribution is -0.137. The van der Waals surface area contributed by atoms with Crippen molar-refractivity contribution in [3.63, 3.8) is 0 Å². The average Bonchev–Trinajstić information content (AvgIpc) is 3.33. The molecule has 1 amide bonds. The maximum atomic E-state index is 13.2. The van der Waals surface area contributed by atoms with Gasteiger partial charge in [-0.1, -0.05) is 24.3 Å². The quantitative estimate of drug-likeness (QED) is 0.477. The molecule has 2 saturated heterocycles. The number of piperidine rings is 2. The molecule has 3 heterocycles. The fourth-order valence-electron chi connectivity index (χ4n) is 5.30. The predicted molar refractivity (Wildman–Crippen MR) is 134 cm³/mol. The van der Waals surface area contributed by atoms with E-state index in [2.05, 4.69) is 39.0 Å². The standard InChI is InChI=1S/C28H35N3O3/c1-2-33-24-11-9-21(10-12-24)7-8-22-13-17-30(18-14-22)27(32)23-15-19-31(20-16-23)28-29-25-5-3-4-6-26(25)34-28/h3-6,9-12,22-23H,2,7-8,13-20H2,1H3. The van der Waals surface area contributed by atoms with Gasteiger partial charge in [-0.25, -0.2) is 0 Å². The summed E-state index contributed by atoms with van der Waals surface area (Å²) in [6.45, 7) is 6.15. The summed E-state index contributed by atoms with van der Waals surface area (Å²) in [5.74, 6) is 2.12. The van der Waals surface area contributed by atoms with Crippen LogP contribution in [0.25, 0.3) is 11.1 Å². The molecule has 0 saturated carbocycles. The Bertz CT molecular complexity index is 1040. The van der Waals surface area contributed by atoms with Crippen LogP contribution in [0, 0.1) is 11.8 Å². The molecule has 0 spiro atoms. The van der Waals surface area contributed by atoms with Crippen molar-refractivity contribution in [1.82, 2.24) is 9.88 Å². The lowest BCUT2D eigenvalue weighted by atomic mass is 9.89. The van der Waals surface area contributed by atoms with Crippen LogP contribution in [0.5, 0.6) is 5.75 Å². The zero-order chi connectivity index (χ0) is 23.3. The van der Waals surface area contributed by atoms with Crippen molar-refractivity contribution in [2.45, 2.75) is 45.4 Å². The zero-order valence-corrected chi connectivity index (χ0v) is 20.1. The van der Waals surface area contributed by atoms with E-state index in [4.69, 9.17) is 9.15 Å². The van der Waals surface area contributed by atoms with Gasteiger partial charge in [-0.15, -0.1) is 0 Å². The number of fused-ring (bicyclic) bond motifs is 1. The SMILES string of the molecule is CCOc1ccc(CCC2CCN(C(=O)C3CCN(c4nc5ccccc5o4)CC3)CC2)cc1. The number of oxazole rings is 1. The van der Waals surface area contributed by atoms with Gasteiger partial charge in [0.1, 0.15) is 11.3 Å². The number of rotatable bonds is 7. The predicted octanol–water partition coefficient (Wildman–Crippen LogP) is 5.31. The van der Waals surface area contributed by atoms with Gasteiger partial charge in [0.05, 0.1) is 6.61 Å². The van der Waals surface area contributed by atoms with Gasteiger partial charge >= 0.3 is 0 Å². The fraction of sp³-hybridized carbons (Fsp3) is 0.500. The van der Waals surface area contributed by atoms with E-state index >= 15 is 0 Å². The Morgan fingerprint density at radius 1 is 1.00 bits per heavy atom. The summed E-state index contributed by atoms with van der Waals surface area (Å²) < 4.78 is 11.4. The Balaban J connectivity index is 1.05. The highest BCUT2D eigenvalue weighted by molar-refractivity contribution is 5.79. The molecule has 2 aliphatic heterocycles. The molecule has 3 aromatic rings. The van der Waals surface area contributed by atoms with Crippen LogP contribution in [0.3, 0.4) is 0 Å². The summed E-state index contributed by atoms with van der Waals surface area (Å²) in [7, 11) is 0. The molecule has 2 aromatic carbocycles. The van der Waals surface area contributed by atoms with Crippen molar-refractivity contribution in [3.05, 3.63) is 54.1 Å². The van der Waals surface area contributed by atoms with E-state index in [1.54, 1.807) is 0 Å². The Hall–Kier alpha value is -3.02. The van der Waals surface area contributed by atoms with Crippen molar-refractivity contribution in [2.24, 2.45) is 11.8 Å². The molecule has 0 atom stereocenters. The Morgan fingerprint density at radius 2 is 1.74 bits per heavy atom. The van der Waals surface area contributed by atoms with Gasteiger partial charge in [0.15, 0.2) is 5.58 Å². The molecule has 0 unspecified atom stereocenters. The molecule has 2 fully saturated rings. The number of para-hydroxylation sites is 2. The molecule has 180 valence electrons. The third kappa shape index (κ3) is 5.21. The van der Waals surface area contributed by atoms with Gasteiger partial charge in [0, 0.05) is 32.1 Å². The molecule has 1 aromatic heterocycles. The zero-order valence-electron chi connectivity index (χ0n) is 20.1. The van der Waals surface area contributed by atoms with Crippen molar-refractivity contribution in [2.75, 3.05) is 37.7 Å². The number of aryl methyl sites for hydroxylation is 1. The molecular formula is C28H35N3O3. The van der Waals surface area contributed by atoms with Crippen molar-refractivity contribution >= 4 is 23.0 Å². The number of ether oxygens (including phenoxy) is 1. The minimum absolute atomic E-state index is 0.126. The van der Waals surface area contributed by atoms with E-state index in [-0.39, 0.29) is 5.92 Å². The summed E-state index contributed by atoms with van der Waals surface area (Å²) in [5.41, 5.74) is 3.08. The first-order valence-electron chi connectivity index (χ1n) is 12.8. The fourth-order valence-corrected chi connectivity index (χ4v) is 5.30. The van der Waals surface area contributed by atoms with Crippen LogP contribution in [-0.2, 0) is 11.2 Å². The third-order valence-electron chi connectivity index (χ3n) is 7.40. The molecule has 6 nitrogen and oxygen atoms in total. The highest BCUT2D eigenvalue weighted by Crippen LogP contribution is 2.29. The number of aromatic nitrogens is 1. The summed E-state index contributed by atoms with van der Waals surface area (Å²) in [6, 6.07) is 17.0. The number of hydrogen-bond acceptors (Lipinski definition) is 5. The highest BCUT2D eigenvalue weighted by atomic mass is 16.5. The van der Waals surface area contributed by atoms with Crippen molar-refractivity contribution in [3.8, 4) is 5.75 Å². The maximum absolute atomic E-state index is 13.2. The van der Waals surface area contributed by atoms with Crippen LogP contribution < -0.4 is 9.64 Å². The number of hydrogen-bond donors (Lipinski definition) is 0. The summed E-state index contributed by atoms with van der Waals surface area (Å²) in [4.78, 5) is 22.1. The first-order chi connectivity index (χ1) is 16.7. The Kier molecular flexibility index (Phi) is 7.02. The molecule has 0 radical (unpaired) electrons. The molecule has 0 aliphatic carbocycles. The van der Waals surface area contributed by atoms with E-state index in [1.807, 2.05) is 31.2 Å². The summed E-state index contributed by atoms with van der Waals surface area (Å²) in [5, 5.41) is 0. The lowest BCUT2D eigenvalue weighted by Gasteiger charge is -2.37. The second-order valence-electron chi connectivity index (χ2n) is 9.61. The first kappa shape index (κ1) is 22.8. The first-order valence-corrected chi connectivity index (χ1v) is 12.8.